The van der Waals surface area contributed by atoms with Gasteiger partial charge in [0.05, 0.1) is 16.8 Å². The molecular formula is C25H22FN3O4. The van der Waals surface area contributed by atoms with E-state index in [0.717, 1.165) is 38.1 Å². The van der Waals surface area contributed by atoms with Crippen LogP contribution in [-0.4, -0.2) is 48.1 Å². The standard InChI is InChI=1S/C25H22FN3O4/c26-19-12-17-20(13-21(19)28-9-7-27-8-10-28)29(16-3-4-16)14-18(25(17)33)22(30)5-1-15-2-6-23(31)24(32)11-15/h1-2,5-6,11-14,16,27H,3-4,7-10H2. The Balaban J connectivity index is 1.55. The van der Waals surface area contributed by atoms with E-state index in [0.29, 0.717) is 29.9 Å². The Hall–Kier alpha value is -3.65. The third-order valence-electron chi connectivity index (χ3n) is 6.16. The number of benzene rings is 1. The maximum absolute atomic E-state index is 15.0. The van der Waals surface area contributed by atoms with Crippen molar-refractivity contribution >= 4 is 33.9 Å². The number of nitrogens with zero attached hydrogens (tertiary/aromatic N) is 2. The first kappa shape index (κ1) is 21.2. The zero-order chi connectivity index (χ0) is 23.1. The van der Waals surface area contributed by atoms with E-state index in [-0.39, 0.29) is 17.0 Å². The molecule has 2 heterocycles. The minimum Gasteiger partial charge on any atom is -0.367 e. The lowest BCUT2D eigenvalue weighted by atomic mass is 10.0. The van der Waals surface area contributed by atoms with Crippen LogP contribution in [0.5, 0.6) is 0 Å². The van der Waals surface area contributed by atoms with Gasteiger partial charge in [0.1, 0.15) is 5.82 Å². The highest BCUT2D eigenvalue weighted by Gasteiger charge is 2.28. The van der Waals surface area contributed by atoms with Gasteiger partial charge in [-0.25, -0.2) is 4.39 Å². The fourth-order valence-electron chi connectivity index (χ4n) is 4.23. The highest BCUT2D eigenvalue weighted by molar-refractivity contribution is 6.46. The summed E-state index contributed by atoms with van der Waals surface area (Å²) in [6, 6.07) is 3.13. The summed E-state index contributed by atoms with van der Waals surface area (Å²) in [5.74, 6) is -2.31. The van der Waals surface area contributed by atoms with Crippen LogP contribution in [0, 0.1) is 5.82 Å². The predicted octanol–water partition coefficient (Wildman–Crippen LogP) is 2.26. The highest BCUT2D eigenvalue weighted by Crippen LogP contribution is 2.38. The monoisotopic (exact) mass is 447 g/mol. The van der Waals surface area contributed by atoms with E-state index < -0.39 is 28.6 Å². The van der Waals surface area contributed by atoms with Gasteiger partial charge in [-0.05, 0) is 48.8 Å². The molecule has 2 aromatic rings. The van der Waals surface area contributed by atoms with Gasteiger partial charge < -0.3 is 14.8 Å². The fourth-order valence-corrected chi connectivity index (χ4v) is 4.23. The molecule has 1 aromatic heterocycles. The number of aromatic nitrogens is 1. The highest BCUT2D eigenvalue weighted by atomic mass is 19.1. The zero-order valence-corrected chi connectivity index (χ0v) is 17.8. The van der Waals surface area contributed by atoms with Crippen LogP contribution >= 0.6 is 0 Å². The van der Waals surface area contributed by atoms with Gasteiger partial charge in [-0.2, -0.15) is 0 Å². The molecule has 1 saturated carbocycles. The molecular weight excluding hydrogens is 425 g/mol. The largest absolute Gasteiger partial charge is 0.367 e. The fraction of sp³-hybridized carbons (Fsp3) is 0.280. The van der Waals surface area contributed by atoms with E-state index in [2.05, 4.69) is 5.32 Å². The van der Waals surface area contributed by atoms with E-state index in [9.17, 15) is 19.2 Å². The number of hydrogen-bond acceptors (Lipinski definition) is 6. The van der Waals surface area contributed by atoms with E-state index >= 15 is 4.39 Å². The van der Waals surface area contributed by atoms with Crippen molar-refractivity contribution < 1.29 is 18.8 Å². The Kier molecular flexibility index (Phi) is 5.38. The summed E-state index contributed by atoms with van der Waals surface area (Å²) in [6.45, 7) is 2.88. The molecule has 33 heavy (non-hydrogen) atoms. The summed E-state index contributed by atoms with van der Waals surface area (Å²) in [5.41, 5.74) is 0.902. The van der Waals surface area contributed by atoms with E-state index in [4.69, 9.17) is 0 Å². The molecule has 0 atom stereocenters. The Morgan fingerprint density at radius 2 is 1.82 bits per heavy atom. The predicted molar refractivity (Wildman–Crippen MR) is 122 cm³/mol. The van der Waals surface area contributed by atoms with Crippen LogP contribution in [0.2, 0.25) is 0 Å². The Labute approximate surface area is 188 Å². The number of anilines is 1. The van der Waals surface area contributed by atoms with Gasteiger partial charge in [0, 0.05) is 43.8 Å². The van der Waals surface area contributed by atoms with Gasteiger partial charge in [0.15, 0.2) is 5.78 Å². The van der Waals surface area contributed by atoms with Crippen molar-refractivity contribution in [2.24, 2.45) is 0 Å². The number of carbonyl (C=O) groups excluding carboxylic acids is 3. The lowest BCUT2D eigenvalue weighted by Crippen LogP contribution is -2.43. The van der Waals surface area contributed by atoms with Crippen LogP contribution in [-0.2, 0) is 9.59 Å². The Bertz CT molecular complexity index is 1340. The number of allylic oxidation sites excluding steroid dienone is 6. The lowest BCUT2D eigenvalue weighted by molar-refractivity contribution is -0.131. The van der Waals surface area contributed by atoms with Crippen molar-refractivity contribution in [3.05, 3.63) is 75.9 Å². The molecule has 0 unspecified atom stereocenters. The van der Waals surface area contributed by atoms with E-state index in [1.54, 1.807) is 12.3 Å². The molecule has 0 radical (unpaired) electrons. The third kappa shape index (κ3) is 4.09. The summed E-state index contributed by atoms with van der Waals surface area (Å²) in [4.78, 5) is 50.8. The van der Waals surface area contributed by atoms with Crippen LogP contribution in [0.25, 0.3) is 10.9 Å². The Morgan fingerprint density at radius 1 is 1.06 bits per heavy atom. The van der Waals surface area contributed by atoms with Crippen LogP contribution in [0.3, 0.4) is 0 Å². The van der Waals surface area contributed by atoms with Gasteiger partial charge in [-0.1, -0.05) is 12.2 Å². The van der Waals surface area contributed by atoms with E-state index in [1.807, 2.05) is 9.47 Å². The molecule has 2 fully saturated rings. The first-order chi connectivity index (χ1) is 15.9. The summed E-state index contributed by atoms with van der Waals surface area (Å²) >= 11 is 0. The smallest absolute Gasteiger partial charge is 0.226 e. The van der Waals surface area contributed by atoms with Crippen LogP contribution in [0.4, 0.5) is 10.1 Å². The number of ketones is 3. The van der Waals surface area contributed by atoms with Crippen LogP contribution in [0.15, 0.2) is 59.1 Å². The van der Waals surface area contributed by atoms with Gasteiger partial charge in [0.2, 0.25) is 17.0 Å². The maximum atomic E-state index is 15.0. The normalized spacial score (nSPS) is 18.9. The van der Waals surface area contributed by atoms with Crippen LogP contribution in [0.1, 0.15) is 29.2 Å². The molecule has 1 N–H and O–H groups in total. The number of nitrogens with one attached hydrogen (secondary N) is 1. The number of piperazine rings is 1. The van der Waals surface area contributed by atoms with Crippen molar-refractivity contribution in [1.29, 1.82) is 0 Å². The summed E-state index contributed by atoms with van der Waals surface area (Å²) in [7, 11) is 0. The molecule has 2 aliphatic carbocycles. The number of hydrogen-bond donors (Lipinski definition) is 1. The number of halogens is 1. The number of fused-ring (bicyclic) bond motifs is 1. The molecule has 1 aliphatic heterocycles. The molecule has 5 rings (SSSR count). The zero-order valence-electron chi connectivity index (χ0n) is 17.8. The maximum Gasteiger partial charge on any atom is 0.226 e. The topological polar surface area (TPSA) is 88.5 Å². The lowest BCUT2D eigenvalue weighted by Gasteiger charge is -2.30. The quantitative estimate of drug-likeness (QED) is 0.327. The van der Waals surface area contributed by atoms with Gasteiger partial charge in [0.25, 0.3) is 0 Å². The molecule has 1 aromatic carbocycles. The van der Waals surface area contributed by atoms with Crippen molar-refractivity contribution in [3.8, 4) is 0 Å². The summed E-state index contributed by atoms with van der Waals surface area (Å²) in [6.07, 6.45) is 9.72. The average Bonchev–Trinajstić information content (AvgIpc) is 3.66. The number of pyridine rings is 1. The molecule has 0 amide bonds. The number of carbonyl (C=O) groups is 3. The SMILES string of the molecule is O=C1C=CC(C=CC(=O)c2cn(C3CC3)c3cc(N4CCNCC4)c(F)cc3c2=O)=CC1=O. The second-order valence-electron chi connectivity index (χ2n) is 8.47. The summed E-state index contributed by atoms with van der Waals surface area (Å²) < 4.78 is 16.9. The molecule has 0 bridgehead atoms. The summed E-state index contributed by atoms with van der Waals surface area (Å²) in [5, 5.41) is 3.42. The minimum atomic E-state index is -0.665. The van der Waals surface area contributed by atoms with Crippen molar-refractivity contribution in [3.63, 3.8) is 0 Å². The van der Waals surface area contributed by atoms with Crippen molar-refractivity contribution in [1.82, 2.24) is 9.88 Å². The molecule has 8 heteroatoms. The first-order valence-corrected chi connectivity index (χ1v) is 11.0. The number of rotatable bonds is 5. The third-order valence-corrected chi connectivity index (χ3v) is 6.16. The van der Waals surface area contributed by atoms with E-state index in [1.165, 1.54) is 24.3 Å². The molecule has 0 spiro atoms. The minimum absolute atomic E-state index is 0.0530. The second kappa shape index (κ2) is 8.37. The molecule has 3 aliphatic rings. The van der Waals surface area contributed by atoms with Crippen LogP contribution < -0.4 is 15.6 Å². The second-order valence-corrected chi connectivity index (χ2v) is 8.47. The van der Waals surface area contributed by atoms with Gasteiger partial charge in [-0.15, -0.1) is 0 Å². The molecule has 7 nitrogen and oxygen atoms in total. The molecule has 1 saturated heterocycles. The van der Waals surface area contributed by atoms with Gasteiger partial charge >= 0.3 is 0 Å². The Morgan fingerprint density at radius 3 is 2.52 bits per heavy atom. The van der Waals surface area contributed by atoms with Crippen molar-refractivity contribution in [2.75, 3.05) is 31.1 Å². The molecule has 168 valence electrons. The first-order valence-electron chi connectivity index (χ1n) is 11.0. The average molecular weight is 447 g/mol. The van der Waals surface area contributed by atoms with Crippen molar-refractivity contribution in [2.45, 2.75) is 18.9 Å². The van der Waals surface area contributed by atoms with Gasteiger partial charge in [-0.3, -0.25) is 19.2 Å².